The Kier molecular flexibility index (Phi) is 2.63. The molecule has 0 unspecified atom stereocenters. The average Bonchev–Trinajstić information content (AvgIpc) is 1.98. The van der Waals surface area contributed by atoms with Crippen molar-refractivity contribution in [3.8, 4) is 0 Å². The molecule has 0 radical (unpaired) electrons. The molecule has 1 rings (SSSR count). The maximum absolute atomic E-state index is 11.0. The molecule has 0 aromatic carbocycles. The number of nitrogens with zero attached hydrogens (tertiary/aromatic N) is 1. The van der Waals surface area contributed by atoms with E-state index in [0.29, 0.717) is 12.8 Å². The van der Waals surface area contributed by atoms with Crippen molar-refractivity contribution in [2.24, 2.45) is 5.92 Å². The van der Waals surface area contributed by atoms with E-state index in [0.717, 1.165) is 0 Å². The van der Waals surface area contributed by atoms with Crippen LogP contribution in [0.2, 0.25) is 0 Å². The number of hydrogen-bond donors (Lipinski definition) is 1. The summed E-state index contributed by atoms with van der Waals surface area (Å²) in [5.41, 5.74) is -0.713. The summed E-state index contributed by atoms with van der Waals surface area (Å²) >= 11 is 0. The van der Waals surface area contributed by atoms with E-state index in [1.807, 2.05) is 27.7 Å². The smallest absolute Gasteiger partial charge is 0.306 e. The zero-order valence-corrected chi connectivity index (χ0v) is 9.29. The van der Waals surface area contributed by atoms with E-state index in [-0.39, 0.29) is 17.0 Å². The zero-order valence-electron chi connectivity index (χ0n) is 9.29. The summed E-state index contributed by atoms with van der Waals surface area (Å²) in [4.78, 5) is 11.0. The SMILES string of the molecule is CC1(C)CC(C(=O)O)CC(C)(C)N1[OH2+]. The minimum absolute atomic E-state index is 0.318. The predicted molar refractivity (Wildman–Crippen MR) is 54.0 cm³/mol. The molecule has 1 heterocycles. The Morgan fingerprint density at radius 2 is 1.64 bits per heavy atom. The molecule has 1 saturated heterocycles. The van der Waals surface area contributed by atoms with E-state index >= 15 is 0 Å². The first kappa shape index (κ1) is 11.5. The Balaban J connectivity index is 2.91. The van der Waals surface area contributed by atoms with Crippen LogP contribution in [0.3, 0.4) is 0 Å². The van der Waals surface area contributed by atoms with Crippen LogP contribution in [0, 0.1) is 5.92 Å². The Labute approximate surface area is 84.5 Å². The molecule has 0 aromatic rings. The highest BCUT2D eigenvalue weighted by molar-refractivity contribution is 5.70. The number of hydroxylamine groups is 2. The van der Waals surface area contributed by atoms with Crippen molar-refractivity contribution in [3.05, 3.63) is 0 Å². The third-order valence-corrected chi connectivity index (χ3v) is 3.05. The van der Waals surface area contributed by atoms with Gasteiger partial charge in [-0.2, -0.15) is 0 Å². The number of hydrogen-bond acceptors (Lipinski definition) is 2. The largest absolute Gasteiger partial charge is 0.481 e. The van der Waals surface area contributed by atoms with Crippen LogP contribution in [0.25, 0.3) is 0 Å². The first-order valence-corrected chi connectivity index (χ1v) is 4.91. The maximum atomic E-state index is 11.0. The van der Waals surface area contributed by atoms with E-state index in [9.17, 15) is 4.79 Å². The molecule has 0 bridgehead atoms. The van der Waals surface area contributed by atoms with Crippen LogP contribution in [0.15, 0.2) is 0 Å². The summed E-state index contributed by atoms with van der Waals surface area (Å²) in [5.74, 6) is -1.05. The lowest BCUT2D eigenvalue weighted by atomic mass is 9.75. The van der Waals surface area contributed by atoms with Gasteiger partial charge in [-0.1, -0.05) is 5.06 Å². The second kappa shape index (κ2) is 3.21. The van der Waals surface area contributed by atoms with Gasteiger partial charge in [0.25, 0.3) is 0 Å². The minimum atomic E-state index is -0.737. The molecule has 0 spiro atoms. The number of carboxylic acid groups (broad SMARTS) is 1. The molecule has 1 aliphatic rings. The third-order valence-electron chi connectivity index (χ3n) is 3.05. The van der Waals surface area contributed by atoms with Gasteiger partial charge < -0.3 is 10.3 Å². The van der Waals surface area contributed by atoms with Crippen LogP contribution in [0.4, 0.5) is 0 Å². The molecule has 1 aliphatic heterocycles. The van der Waals surface area contributed by atoms with Crippen molar-refractivity contribution in [3.63, 3.8) is 0 Å². The molecule has 14 heavy (non-hydrogen) atoms. The highest BCUT2D eigenvalue weighted by Gasteiger charge is 2.50. The van der Waals surface area contributed by atoms with Gasteiger partial charge in [-0.25, -0.2) is 0 Å². The van der Waals surface area contributed by atoms with Gasteiger partial charge in [0, 0.05) is 0 Å². The molecular formula is C10H20NO3+. The van der Waals surface area contributed by atoms with Gasteiger partial charge in [0.05, 0.1) is 17.0 Å². The van der Waals surface area contributed by atoms with Crippen molar-refractivity contribution >= 4 is 5.97 Å². The summed E-state index contributed by atoms with van der Waals surface area (Å²) in [6.45, 7) is 7.71. The Bertz CT molecular complexity index is 230. The first-order valence-electron chi connectivity index (χ1n) is 4.91. The molecule has 0 amide bonds. The summed E-state index contributed by atoms with van der Waals surface area (Å²) in [6.07, 6.45) is 1.10. The number of carbonyl (C=O) groups is 1. The summed E-state index contributed by atoms with van der Waals surface area (Å²) in [6, 6.07) is 0. The number of rotatable bonds is 1. The van der Waals surface area contributed by atoms with Crippen LogP contribution in [0.5, 0.6) is 0 Å². The molecular weight excluding hydrogens is 182 g/mol. The van der Waals surface area contributed by atoms with E-state index < -0.39 is 5.97 Å². The topological polar surface area (TPSA) is 63.4 Å². The molecule has 4 nitrogen and oxygen atoms in total. The summed E-state index contributed by atoms with van der Waals surface area (Å²) in [7, 11) is 0. The number of piperidine rings is 1. The van der Waals surface area contributed by atoms with Gasteiger partial charge in [0.15, 0.2) is 0 Å². The number of aliphatic carboxylic acids is 1. The number of carboxylic acids is 1. The van der Waals surface area contributed by atoms with Crippen molar-refractivity contribution in [2.45, 2.75) is 51.6 Å². The Morgan fingerprint density at radius 1 is 1.29 bits per heavy atom. The van der Waals surface area contributed by atoms with Gasteiger partial charge in [-0.15, -0.1) is 0 Å². The first-order chi connectivity index (χ1) is 6.17. The van der Waals surface area contributed by atoms with Crippen molar-refractivity contribution in [1.82, 2.24) is 5.06 Å². The molecule has 3 N–H and O–H groups in total. The fourth-order valence-electron chi connectivity index (χ4n) is 2.45. The fraction of sp³-hybridized carbons (Fsp3) is 0.900. The summed E-state index contributed by atoms with van der Waals surface area (Å²) < 4.78 is 0. The Hall–Kier alpha value is -0.610. The fourth-order valence-corrected chi connectivity index (χ4v) is 2.45. The van der Waals surface area contributed by atoms with E-state index in [4.69, 9.17) is 10.3 Å². The van der Waals surface area contributed by atoms with Crippen molar-refractivity contribution in [2.75, 3.05) is 0 Å². The lowest BCUT2D eigenvalue weighted by Gasteiger charge is -2.46. The normalized spacial score (nSPS) is 27.5. The van der Waals surface area contributed by atoms with E-state index in [2.05, 4.69) is 0 Å². The maximum Gasteiger partial charge on any atom is 0.306 e. The highest BCUT2D eigenvalue weighted by Crippen LogP contribution is 2.39. The molecule has 82 valence electrons. The van der Waals surface area contributed by atoms with Crippen LogP contribution >= 0.6 is 0 Å². The Morgan fingerprint density at radius 3 is 1.93 bits per heavy atom. The van der Waals surface area contributed by atoms with Crippen LogP contribution in [-0.4, -0.2) is 32.4 Å². The lowest BCUT2D eigenvalue weighted by Crippen LogP contribution is -2.59. The standard InChI is InChI=1S/C10H19NO3/c1-9(2)5-7(8(12)13)6-10(3,4)11(9)14/h7,14H,5-6H2,1-4H3,(H,12,13)/p+1. The summed E-state index contributed by atoms with van der Waals surface area (Å²) in [5, 5.41) is 18.5. The van der Waals surface area contributed by atoms with Crippen LogP contribution in [0.1, 0.15) is 40.5 Å². The van der Waals surface area contributed by atoms with Crippen molar-refractivity contribution < 1.29 is 15.1 Å². The van der Waals surface area contributed by atoms with Crippen LogP contribution < -0.4 is 0 Å². The average molecular weight is 202 g/mol. The van der Waals surface area contributed by atoms with Gasteiger partial charge in [-0.05, 0) is 40.5 Å². The quantitative estimate of drug-likeness (QED) is 0.645. The monoisotopic (exact) mass is 202 g/mol. The van der Waals surface area contributed by atoms with Gasteiger partial charge in [0.2, 0.25) is 0 Å². The second-order valence-corrected chi connectivity index (χ2v) is 5.40. The van der Waals surface area contributed by atoms with Gasteiger partial charge in [0.1, 0.15) is 0 Å². The molecule has 4 heteroatoms. The van der Waals surface area contributed by atoms with E-state index in [1.165, 1.54) is 0 Å². The zero-order chi connectivity index (χ0) is 11.1. The lowest BCUT2D eigenvalue weighted by molar-refractivity contribution is -0.251. The highest BCUT2D eigenvalue weighted by atomic mass is 16.5. The molecule has 0 saturated carbocycles. The molecule has 1 fully saturated rings. The third kappa shape index (κ3) is 1.91. The predicted octanol–water partition coefficient (Wildman–Crippen LogP) is 0.980. The molecule has 0 atom stereocenters. The minimum Gasteiger partial charge on any atom is -0.481 e. The van der Waals surface area contributed by atoms with Gasteiger partial charge in [-0.3, -0.25) is 4.79 Å². The molecule has 0 aliphatic carbocycles. The van der Waals surface area contributed by atoms with Gasteiger partial charge >= 0.3 is 5.97 Å². The van der Waals surface area contributed by atoms with E-state index in [1.54, 1.807) is 5.06 Å². The molecule has 0 aromatic heterocycles. The van der Waals surface area contributed by atoms with Crippen LogP contribution in [-0.2, 0) is 4.79 Å². The van der Waals surface area contributed by atoms with Crippen molar-refractivity contribution in [1.29, 1.82) is 0 Å². The second-order valence-electron chi connectivity index (χ2n) is 5.40.